The van der Waals surface area contributed by atoms with E-state index in [1.807, 2.05) is 0 Å². The second kappa shape index (κ2) is 4.27. The smallest absolute Gasteiger partial charge is 0.354 e. The SMILES string of the molecule is C=CC(=CN)C(=NC)C(=O)O. The van der Waals surface area contributed by atoms with Crippen molar-refractivity contribution in [2.24, 2.45) is 10.7 Å². The maximum atomic E-state index is 10.4. The predicted octanol–water partition coefficient (Wildman–Crippen LogP) is 0.170. The zero-order chi connectivity index (χ0) is 8.85. The van der Waals surface area contributed by atoms with Gasteiger partial charge in [0.15, 0.2) is 5.71 Å². The second-order valence-electron chi connectivity index (χ2n) is 1.70. The number of aliphatic carboxylic acids is 1. The van der Waals surface area contributed by atoms with Crippen molar-refractivity contribution in [2.75, 3.05) is 7.05 Å². The van der Waals surface area contributed by atoms with Crippen LogP contribution in [0.2, 0.25) is 0 Å². The number of allylic oxidation sites excluding steroid dienone is 1. The van der Waals surface area contributed by atoms with E-state index in [0.29, 0.717) is 5.57 Å². The van der Waals surface area contributed by atoms with E-state index in [1.165, 1.54) is 13.1 Å². The lowest BCUT2D eigenvalue weighted by molar-refractivity contribution is -0.129. The van der Waals surface area contributed by atoms with E-state index in [4.69, 9.17) is 10.8 Å². The summed E-state index contributed by atoms with van der Waals surface area (Å²) in [7, 11) is 1.39. The largest absolute Gasteiger partial charge is 0.477 e. The fourth-order valence-corrected chi connectivity index (χ4v) is 0.592. The third kappa shape index (κ3) is 2.25. The first-order chi connectivity index (χ1) is 5.17. The first-order valence-electron chi connectivity index (χ1n) is 2.92. The summed E-state index contributed by atoms with van der Waals surface area (Å²) in [6.45, 7) is 3.39. The van der Waals surface area contributed by atoms with Gasteiger partial charge in [-0.15, -0.1) is 0 Å². The monoisotopic (exact) mass is 154 g/mol. The first kappa shape index (κ1) is 9.42. The first-order valence-corrected chi connectivity index (χ1v) is 2.92. The number of aliphatic imine (C=N–C) groups is 1. The molecule has 0 amide bonds. The van der Waals surface area contributed by atoms with Crippen LogP contribution in [0.25, 0.3) is 0 Å². The molecule has 4 heteroatoms. The van der Waals surface area contributed by atoms with Crippen LogP contribution in [0.15, 0.2) is 29.4 Å². The standard InChI is InChI=1S/C7H10N2O2/c1-3-5(4-8)6(9-2)7(10)11/h3-4H,1,8H2,2H3,(H,10,11). The zero-order valence-electron chi connectivity index (χ0n) is 6.24. The summed E-state index contributed by atoms with van der Waals surface area (Å²) in [5, 5.41) is 8.53. The number of hydrogen-bond acceptors (Lipinski definition) is 3. The molecule has 0 spiro atoms. The van der Waals surface area contributed by atoms with E-state index in [2.05, 4.69) is 11.6 Å². The predicted molar refractivity (Wildman–Crippen MR) is 43.5 cm³/mol. The Morgan fingerprint density at radius 3 is 2.36 bits per heavy atom. The highest BCUT2D eigenvalue weighted by Gasteiger charge is 2.10. The normalized spacial score (nSPS) is 12.8. The maximum Gasteiger partial charge on any atom is 0.354 e. The molecule has 0 radical (unpaired) electrons. The van der Waals surface area contributed by atoms with Crippen LogP contribution >= 0.6 is 0 Å². The Kier molecular flexibility index (Phi) is 3.66. The van der Waals surface area contributed by atoms with E-state index >= 15 is 0 Å². The van der Waals surface area contributed by atoms with E-state index in [-0.39, 0.29) is 5.71 Å². The van der Waals surface area contributed by atoms with Gasteiger partial charge in [0.05, 0.1) is 0 Å². The van der Waals surface area contributed by atoms with Crippen molar-refractivity contribution in [3.05, 3.63) is 24.4 Å². The molecule has 3 N–H and O–H groups in total. The molecule has 0 saturated heterocycles. The van der Waals surface area contributed by atoms with E-state index in [1.54, 1.807) is 0 Å². The minimum Gasteiger partial charge on any atom is -0.477 e. The van der Waals surface area contributed by atoms with Crippen LogP contribution in [0.4, 0.5) is 0 Å². The molecule has 0 rings (SSSR count). The lowest BCUT2D eigenvalue weighted by atomic mass is 10.2. The van der Waals surface area contributed by atoms with Gasteiger partial charge < -0.3 is 10.8 Å². The quantitative estimate of drug-likeness (QED) is 0.449. The molecule has 11 heavy (non-hydrogen) atoms. The highest BCUT2D eigenvalue weighted by molar-refractivity contribution is 6.43. The Bertz CT molecular complexity index is 229. The van der Waals surface area contributed by atoms with Gasteiger partial charge in [0.1, 0.15) is 0 Å². The van der Waals surface area contributed by atoms with Crippen LogP contribution in [0.1, 0.15) is 0 Å². The summed E-state index contributed by atoms with van der Waals surface area (Å²) in [6.07, 6.45) is 2.50. The molecule has 0 aliphatic rings. The molecule has 0 unspecified atom stereocenters. The number of carboxylic acids is 1. The molecular formula is C7H10N2O2. The molecule has 0 aliphatic heterocycles. The average Bonchev–Trinajstić information content (AvgIpc) is 1.99. The summed E-state index contributed by atoms with van der Waals surface area (Å²) in [4.78, 5) is 13.9. The Morgan fingerprint density at radius 2 is 2.27 bits per heavy atom. The summed E-state index contributed by atoms with van der Waals surface area (Å²) >= 11 is 0. The van der Waals surface area contributed by atoms with Crippen molar-refractivity contribution in [1.82, 2.24) is 0 Å². The van der Waals surface area contributed by atoms with Crippen LogP contribution < -0.4 is 5.73 Å². The van der Waals surface area contributed by atoms with Crippen LogP contribution in [0.3, 0.4) is 0 Å². The van der Waals surface area contributed by atoms with Gasteiger partial charge in [-0.1, -0.05) is 12.7 Å². The van der Waals surface area contributed by atoms with Gasteiger partial charge in [0.2, 0.25) is 0 Å². The molecule has 4 nitrogen and oxygen atoms in total. The van der Waals surface area contributed by atoms with Crippen LogP contribution in [-0.2, 0) is 4.79 Å². The summed E-state index contributed by atoms with van der Waals surface area (Å²) in [5.74, 6) is -1.11. The maximum absolute atomic E-state index is 10.4. The van der Waals surface area contributed by atoms with Crippen LogP contribution in [-0.4, -0.2) is 23.8 Å². The molecule has 0 aromatic heterocycles. The second-order valence-corrected chi connectivity index (χ2v) is 1.70. The van der Waals surface area contributed by atoms with Crippen molar-refractivity contribution in [3.8, 4) is 0 Å². The number of hydrogen-bond donors (Lipinski definition) is 2. The number of carbonyl (C=O) groups is 1. The van der Waals surface area contributed by atoms with Crippen molar-refractivity contribution < 1.29 is 9.90 Å². The molecule has 0 aliphatic carbocycles. The van der Waals surface area contributed by atoms with Gasteiger partial charge in [-0.05, 0) is 0 Å². The minimum absolute atomic E-state index is 0.0810. The van der Waals surface area contributed by atoms with Crippen molar-refractivity contribution in [1.29, 1.82) is 0 Å². The Labute approximate surface area is 64.7 Å². The lowest BCUT2D eigenvalue weighted by Crippen LogP contribution is -2.15. The molecule has 0 fully saturated rings. The highest BCUT2D eigenvalue weighted by Crippen LogP contribution is 1.97. The van der Waals surface area contributed by atoms with Gasteiger partial charge in [-0.2, -0.15) is 0 Å². The zero-order valence-corrected chi connectivity index (χ0v) is 6.24. The van der Waals surface area contributed by atoms with Crippen molar-refractivity contribution >= 4 is 11.7 Å². The van der Waals surface area contributed by atoms with E-state index in [0.717, 1.165) is 6.20 Å². The van der Waals surface area contributed by atoms with Gasteiger partial charge in [-0.3, -0.25) is 4.99 Å². The van der Waals surface area contributed by atoms with Crippen LogP contribution in [0, 0.1) is 0 Å². The third-order valence-electron chi connectivity index (χ3n) is 1.10. The topological polar surface area (TPSA) is 75.7 Å². The average molecular weight is 154 g/mol. The summed E-state index contributed by atoms with van der Waals surface area (Å²) in [6, 6.07) is 0. The molecule has 0 atom stereocenters. The molecule has 0 bridgehead atoms. The third-order valence-corrected chi connectivity index (χ3v) is 1.10. The van der Waals surface area contributed by atoms with Crippen LogP contribution in [0.5, 0.6) is 0 Å². The number of carboxylic acid groups (broad SMARTS) is 1. The van der Waals surface area contributed by atoms with Gasteiger partial charge in [0, 0.05) is 18.8 Å². The Balaban J connectivity index is 4.79. The fourth-order valence-electron chi connectivity index (χ4n) is 0.592. The molecule has 0 aromatic carbocycles. The molecule has 0 saturated carbocycles. The Morgan fingerprint density at radius 1 is 1.73 bits per heavy atom. The Hall–Kier alpha value is -1.58. The van der Waals surface area contributed by atoms with Gasteiger partial charge >= 0.3 is 5.97 Å². The summed E-state index contributed by atoms with van der Waals surface area (Å²) < 4.78 is 0. The number of nitrogens with two attached hydrogens (primary N) is 1. The lowest BCUT2D eigenvalue weighted by Gasteiger charge is -1.97. The van der Waals surface area contributed by atoms with Gasteiger partial charge in [0.25, 0.3) is 0 Å². The molecular weight excluding hydrogens is 144 g/mol. The minimum atomic E-state index is -1.11. The molecule has 60 valence electrons. The van der Waals surface area contributed by atoms with Crippen molar-refractivity contribution in [2.45, 2.75) is 0 Å². The van der Waals surface area contributed by atoms with E-state index < -0.39 is 5.97 Å². The summed E-state index contributed by atoms with van der Waals surface area (Å²) in [5.41, 5.74) is 5.36. The molecule has 0 aromatic rings. The number of nitrogens with zero attached hydrogens (tertiary/aromatic N) is 1. The number of rotatable bonds is 3. The van der Waals surface area contributed by atoms with E-state index in [9.17, 15) is 4.79 Å². The molecule has 0 heterocycles. The fraction of sp³-hybridized carbons (Fsp3) is 0.143. The van der Waals surface area contributed by atoms with Gasteiger partial charge in [-0.25, -0.2) is 4.79 Å². The highest BCUT2D eigenvalue weighted by atomic mass is 16.4. The van der Waals surface area contributed by atoms with Crippen molar-refractivity contribution in [3.63, 3.8) is 0 Å².